The van der Waals surface area contributed by atoms with Gasteiger partial charge in [-0.2, -0.15) is 0 Å². The zero-order valence-electron chi connectivity index (χ0n) is 33.9. The van der Waals surface area contributed by atoms with Gasteiger partial charge in [0.1, 0.15) is 28.6 Å². The van der Waals surface area contributed by atoms with Crippen molar-refractivity contribution in [3.63, 3.8) is 0 Å². The van der Waals surface area contributed by atoms with Crippen molar-refractivity contribution in [2.45, 2.75) is 0 Å². The summed E-state index contributed by atoms with van der Waals surface area (Å²) in [4.78, 5) is 4.53. The number of hydrogen-bond acceptors (Lipinski definition) is 5. The fraction of sp³-hybridized carbons (Fsp3) is 0. The van der Waals surface area contributed by atoms with Crippen molar-refractivity contribution >= 4 is 66.8 Å². The van der Waals surface area contributed by atoms with Gasteiger partial charge in [0.05, 0.1) is 5.69 Å². The van der Waals surface area contributed by atoms with Crippen molar-refractivity contribution < 1.29 is 13.9 Å². The van der Waals surface area contributed by atoms with E-state index in [1.54, 1.807) is 0 Å². The van der Waals surface area contributed by atoms with Gasteiger partial charge in [0.25, 0.3) is 0 Å². The molecule has 63 heavy (non-hydrogen) atoms. The lowest BCUT2D eigenvalue weighted by Crippen LogP contribution is -2.10. The van der Waals surface area contributed by atoms with Crippen LogP contribution in [-0.4, -0.2) is 0 Å². The molecule has 5 heteroatoms. The molecule has 2 aliphatic heterocycles. The van der Waals surface area contributed by atoms with Crippen LogP contribution in [0.3, 0.4) is 0 Å². The summed E-state index contributed by atoms with van der Waals surface area (Å²) in [6.45, 7) is 0. The van der Waals surface area contributed by atoms with E-state index in [1.807, 2.05) is 30.3 Å². The molecular formula is C58H36N2O3. The number of nitrogens with zero attached hydrogens (tertiary/aromatic N) is 2. The average molecular weight is 809 g/mol. The SMILES string of the molecule is c1ccc(N(c2ccccc2)c2ccc3c(c2)Oc2ccc4c5c(ccc-3c25)Oc2cc(-c3ccc(N(c5ccccc5)c5cccc6c5oc5ccccc56)cc3)ccc2-4)cc1. The van der Waals surface area contributed by atoms with Gasteiger partial charge in [0, 0.05) is 67.2 Å². The Hall–Kier alpha value is -8.54. The van der Waals surface area contributed by atoms with Crippen LogP contribution in [0, 0.1) is 0 Å². The fourth-order valence-electron chi connectivity index (χ4n) is 9.57. The van der Waals surface area contributed by atoms with Crippen LogP contribution in [0.5, 0.6) is 23.0 Å². The number of ether oxygens (including phenoxy) is 2. The second-order valence-corrected chi connectivity index (χ2v) is 16.0. The maximum absolute atomic E-state index is 6.79. The Kier molecular flexibility index (Phi) is 7.84. The Morgan fingerprint density at radius 2 is 0.794 bits per heavy atom. The van der Waals surface area contributed by atoms with Gasteiger partial charge in [-0.1, -0.05) is 103 Å². The first-order chi connectivity index (χ1) is 31.2. The Labute approximate surface area is 363 Å². The Morgan fingerprint density at radius 1 is 0.302 bits per heavy atom. The van der Waals surface area contributed by atoms with Crippen molar-refractivity contribution in [1.29, 1.82) is 0 Å². The molecule has 0 atom stereocenters. The Morgan fingerprint density at radius 3 is 1.44 bits per heavy atom. The van der Waals surface area contributed by atoms with Crippen molar-refractivity contribution in [3.8, 4) is 56.4 Å². The molecule has 0 aliphatic carbocycles. The minimum atomic E-state index is 0.825. The fourth-order valence-corrected chi connectivity index (χ4v) is 9.57. The van der Waals surface area contributed by atoms with Crippen molar-refractivity contribution in [3.05, 3.63) is 218 Å². The summed E-state index contributed by atoms with van der Waals surface area (Å²) in [5, 5.41) is 4.34. The lowest BCUT2D eigenvalue weighted by Gasteiger charge is -2.29. The van der Waals surface area contributed by atoms with Crippen LogP contribution in [0.25, 0.3) is 66.1 Å². The number of rotatable bonds is 7. The molecule has 3 heterocycles. The molecule has 0 saturated carbocycles. The molecule has 0 unspecified atom stereocenters. The molecule has 0 bridgehead atoms. The molecular weight excluding hydrogens is 773 g/mol. The number of benzene rings is 10. The number of anilines is 6. The van der Waals surface area contributed by atoms with Gasteiger partial charge in [-0.15, -0.1) is 0 Å². The van der Waals surface area contributed by atoms with Crippen LogP contribution in [0.2, 0.25) is 0 Å². The van der Waals surface area contributed by atoms with Gasteiger partial charge in [-0.05, 0) is 131 Å². The van der Waals surface area contributed by atoms with Gasteiger partial charge in [0.15, 0.2) is 5.58 Å². The predicted octanol–water partition coefficient (Wildman–Crippen LogP) is 16.9. The monoisotopic (exact) mass is 808 g/mol. The molecule has 0 spiro atoms. The molecule has 2 aliphatic rings. The van der Waals surface area contributed by atoms with E-state index in [0.29, 0.717) is 0 Å². The summed E-state index contributed by atoms with van der Waals surface area (Å²) >= 11 is 0. The summed E-state index contributed by atoms with van der Waals surface area (Å²) in [7, 11) is 0. The van der Waals surface area contributed by atoms with Gasteiger partial charge in [-0.25, -0.2) is 0 Å². The van der Waals surface area contributed by atoms with E-state index >= 15 is 0 Å². The molecule has 13 rings (SSSR count). The van der Waals surface area contributed by atoms with E-state index in [4.69, 9.17) is 13.9 Å². The maximum atomic E-state index is 6.79. The van der Waals surface area contributed by atoms with Gasteiger partial charge in [0.2, 0.25) is 0 Å². The molecule has 0 radical (unpaired) electrons. The van der Waals surface area contributed by atoms with Gasteiger partial charge < -0.3 is 23.7 Å². The zero-order chi connectivity index (χ0) is 41.4. The second kappa shape index (κ2) is 14.0. The molecule has 0 amide bonds. The van der Waals surface area contributed by atoms with Crippen molar-refractivity contribution in [1.82, 2.24) is 0 Å². The summed E-state index contributed by atoms with van der Waals surface area (Å²) in [5.41, 5.74) is 14.5. The Bertz CT molecular complexity index is 3530. The lowest BCUT2D eigenvalue weighted by atomic mass is 9.88. The van der Waals surface area contributed by atoms with Crippen LogP contribution < -0.4 is 19.3 Å². The smallest absolute Gasteiger partial charge is 0.159 e. The highest BCUT2D eigenvalue weighted by Gasteiger charge is 2.29. The summed E-state index contributed by atoms with van der Waals surface area (Å²) < 4.78 is 20.1. The third-order valence-electron chi connectivity index (χ3n) is 12.4. The summed E-state index contributed by atoms with van der Waals surface area (Å²) in [5.74, 6) is 3.31. The van der Waals surface area contributed by atoms with E-state index < -0.39 is 0 Å². The highest BCUT2D eigenvalue weighted by molar-refractivity contribution is 6.15. The third-order valence-corrected chi connectivity index (χ3v) is 12.4. The minimum absolute atomic E-state index is 0.825. The van der Waals surface area contributed by atoms with E-state index in [0.717, 1.165) is 123 Å². The number of para-hydroxylation sites is 5. The average Bonchev–Trinajstić information content (AvgIpc) is 3.73. The minimum Gasteiger partial charge on any atom is -0.456 e. The number of hydrogen-bond donors (Lipinski definition) is 0. The summed E-state index contributed by atoms with van der Waals surface area (Å²) in [6.07, 6.45) is 0. The molecule has 11 aromatic rings. The molecule has 0 fully saturated rings. The van der Waals surface area contributed by atoms with Crippen LogP contribution in [0.4, 0.5) is 34.1 Å². The summed E-state index contributed by atoms with van der Waals surface area (Å²) in [6, 6.07) is 76.4. The van der Waals surface area contributed by atoms with Gasteiger partial charge in [-0.3, -0.25) is 0 Å². The molecule has 0 saturated heterocycles. The van der Waals surface area contributed by atoms with Crippen LogP contribution in [0.15, 0.2) is 223 Å². The predicted molar refractivity (Wildman–Crippen MR) is 257 cm³/mol. The first-order valence-corrected chi connectivity index (χ1v) is 21.2. The highest BCUT2D eigenvalue weighted by atomic mass is 16.5. The zero-order valence-corrected chi connectivity index (χ0v) is 33.9. The number of furan rings is 1. The third kappa shape index (κ3) is 5.64. The largest absolute Gasteiger partial charge is 0.456 e. The molecule has 1 aromatic heterocycles. The quantitative estimate of drug-likeness (QED) is 0.160. The first kappa shape index (κ1) is 35.2. The molecule has 10 aromatic carbocycles. The normalized spacial score (nSPS) is 12.1. The van der Waals surface area contributed by atoms with Crippen LogP contribution >= 0.6 is 0 Å². The van der Waals surface area contributed by atoms with E-state index in [2.05, 4.69) is 198 Å². The van der Waals surface area contributed by atoms with E-state index in [-0.39, 0.29) is 0 Å². The lowest BCUT2D eigenvalue weighted by molar-refractivity contribution is 0.480. The van der Waals surface area contributed by atoms with Crippen LogP contribution in [-0.2, 0) is 0 Å². The topological polar surface area (TPSA) is 38.1 Å². The standard InChI is InChI=1S/C58H36N2O3/c1-4-13-39(14-5-1)59(40-15-6-2-7-16-40)43-28-30-46-48-32-33-52-56-47(31-34-53(57(48)56)62-55(46)36-43)45-29-25-38(35-54(45)61-52)37-23-26-42(27-24-37)60(41-17-8-3-9-18-41)50-21-12-20-49-44-19-10-11-22-51(44)63-58(49)50/h1-36H. The van der Waals surface area contributed by atoms with Crippen LogP contribution in [0.1, 0.15) is 0 Å². The number of fused-ring (bicyclic) bond motifs is 7. The highest BCUT2D eigenvalue weighted by Crippen LogP contribution is 2.56. The molecule has 5 nitrogen and oxygen atoms in total. The van der Waals surface area contributed by atoms with Crippen molar-refractivity contribution in [2.75, 3.05) is 9.80 Å². The Balaban J connectivity index is 0.848. The molecule has 296 valence electrons. The molecule has 0 N–H and O–H groups in total. The van der Waals surface area contributed by atoms with E-state index in [9.17, 15) is 0 Å². The first-order valence-electron chi connectivity index (χ1n) is 21.2. The van der Waals surface area contributed by atoms with Crippen molar-refractivity contribution in [2.24, 2.45) is 0 Å². The maximum Gasteiger partial charge on any atom is 0.159 e. The second-order valence-electron chi connectivity index (χ2n) is 16.0. The van der Waals surface area contributed by atoms with Gasteiger partial charge >= 0.3 is 0 Å². The van der Waals surface area contributed by atoms with E-state index in [1.165, 1.54) is 0 Å².